The van der Waals surface area contributed by atoms with Gasteiger partial charge in [-0.05, 0) is 13.3 Å². The highest BCUT2D eigenvalue weighted by Crippen LogP contribution is 2.12. The van der Waals surface area contributed by atoms with Crippen molar-refractivity contribution in [2.75, 3.05) is 0 Å². The Bertz CT molecular complexity index is 115. The second-order valence-electron chi connectivity index (χ2n) is 4.23. The molecule has 0 unspecified atom stereocenters. The Morgan fingerprint density at radius 3 is 2.21 bits per heavy atom. The average Bonchev–Trinajstić information content (AvgIpc) is 2.10. The Labute approximate surface area is 87.7 Å². The zero-order valence-electron chi connectivity index (χ0n) is 9.64. The number of unbranched alkanes of at least 4 members (excludes halogenated alkanes) is 5. The Hall–Kier alpha value is -0.110. The van der Waals surface area contributed by atoms with Gasteiger partial charge in [-0.2, -0.15) is 0 Å². The molecule has 0 bridgehead atoms. The van der Waals surface area contributed by atoms with E-state index in [2.05, 4.69) is 6.92 Å². The van der Waals surface area contributed by atoms with Gasteiger partial charge in [0.15, 0.2) is 0 Å². The molecule has 2 atom stereocenters. The molecule has 0 heterocycles. The molecule has 0 amide bonds. The predicted octanol–water partition coefficient (Wildman–Crippen LogP) is 3.85. The van der Waals surface area contributed by atoms with Gasteiger partial charge in [0.2, 0.25) is 0 Å². The molecule has 0 aliphatic carbocycles. The first-order valence-electron chi connectivity index (χ1n) is 5.99. The average molecular weight is 204 g/mol. The van der Waals surface area contributed by atoms with Gasteiger partial charge >= 0.3 is 0 Å². The summed E-state index contributed by atoms with van der Waals surface area (Å²) in [5.74, 6) is 0. The zero-order valence-corrected chi connectivity index (χ0v) is 9.64. The number of hydrogen-bond donors (Lipinski definition) is 1. The summed E-state index contributed by atoms with van der Waals surface area (Å²) in [5.41, 5.74) is 0. The predicted molar refractivity (Wildman–Crippen MR) is 59.2 cm³/mol. The highest BCUT2D eigenvalue weighted by atomic mass is 19.1. The van der Waals surface area contributed by atoms with E-state index in [1.807, 2.05) is 0 Å². The van der Waals surface area contributed by atoms with Gasteiger partial charge in [0.25, 0.3) is 0 Å². The lowest BCUT2D eigenvalue weighted by Gasteiger charge is -2.10. The van der Waals surface area contributed by atoms with Crippen molar-refractivity contribution in [2.24, 2.45) is 0 Å². The minimum Gasteiger partial charge on any atom is -0.393 e. The van der Waals surface area contributed by atoms with E-state index in [1.54, 1.807) is 0 Å². The van der Waals surface area contributed by atoms with Crippen molar-refractivity contribution in [3.8, 4) is 0 Å². The van der Waals surface area contributed by atoms with Crippen LogP contribution in [0.1, 0.15) is 65.2 Å². The van der Waals surface area contributed by atoms with Crippen LogP contribution in [-0.2, 0) is 0 Å². The van der Waals surface area contributed by atoms with Crippen molar-refractivity contribution < 1.29 is 9.50 Å². The van der Waals surface area contributed by atoms with Crippen molar-refractivity contribution >= 4 is 0 Å². The van der Waals surface area contributed by atoms with Crippen molar-refractivity contribution in [1.82, 2.24) is 0 Å². The minimum absolute atomic E-state index is 0.301. The summed E-state index contributed by atoms with van der Waals surface area (Å²) in [6.07, 6.45) is 7.11. The van der Waals surface area contributed by atoms with E-state index in [0.29, 0.717) is 6.42 Å². The fourth-order valence-electron chi connectivity index (χ4n) is 1.65. The summed E-state index contributed by atoms with van der Waals surface area (Å²) < 4.78 is 12.5. The zero-order chi connectivity index (χ0) is 10.8. The van der Waals surface area contributed by atoms with Crippen LogP contribution in [0.4, 0.5) is 4.39 Å². The minimum atomic E-state index is -0.870. The SMILES string of the molecule is CCCCCCCC[C@H](O)C[C@@H](C)F. The first kappa shape index (κ1) is 13.9. The Balaban J connectivity index is 3.10. The lowest BCUT2D eigenvalue weighted by atomic mass is 10.0. The monoisotopic (exact) mass is 204 g/mol. The Morgan fingerprint density at radius 2 is 1.64 bits per heavy atom. The van der Waals surface area contributed by atoms with Crippen molar-refractivity contribution in [2.45, 2.75) is 77.5 Å². The molecule has 0 saturated carbocycles. The molecule has 0 spiro atoms. The van der Waals surface area contributed by atoms with Crippen molar-refractivity contribution in [1.29, 1.82) is 0 Å². The summed E-state index contributed by atoms with van der Waals surface area (Å²) in [5, 5.41) is 9.38. The number of rotatable bonds is 9. The van der Waals surface area contributed by atoms with Gasteiger partial charge in [0.1, 0.15) is 0 Å². The summed E-state index contributed by atoms with van der Waals surface area (Å²) in [7, 11) is 0. The molecule has 0 saturated heterocycles. The largest absolute Gasteiger partial charge is 0.393 e. The molecule has 0 aliphatic rings. The molecular formula is C12H25FO. The standard InChI is InChI=1S/C12H25FO/c1-3-4-5-6-7-8-9-12(14)10-11(2)13/h11-12,14H,3-10H2,1-2H3/t11-,12+/m1/s1. The second-order valence-corrected chi connectivity index (χ2v) is 4.23. The molecule has 0 fully saturated rings. The first-order chi connectivity index (χ1) is 6.66. The number of aliphatic hydroxyl groups is 1. The molecule has 0 aromatic rings. The number of hydrogen-bond acceptors (Lipinski definition) is 1. The number of alkyl halides is 1. The summed E-state index contributed by atoms with van der Waals surface area (Å²) >= 11 is 0. The molecule has 0 aromatic heterocycles. The van der Waals surface area contributed by atoms with Gasteiger partial charge in [-0.25, -0.2) is 4.39 Å². The van der Waals surface area contributed by atoms with Crippen molar-refractivity contribution in [3.05, 3.63) is 0 Å². The van der Waals surface area contributed by atoms with Gasteiger partial charge in [0.05, 0.1) is 12.3 Å². The number of aliphatic hydroxyl groups excluding tert-OH is 1. The van der Waals surface area contributed by atoms with Crippen LogP contribution in [0.2, 0.25) is 0 Å². The third kappa shape index (κ3) is 9.97. The smallest absolute Gasteiger partial charge is 0.0998 e. The van der Waals surface area contributed by atoms with E-state index in [-0.39, 0.29) is 0 Å². The van der Waals surface area contributed by atoms with Crippen LogP contribution in [0.5, 0.6) is 0 Å². The van der Waals surface area contributed by atoms with Crippen molar-refractivity contribution in [3.63, 3.8) is 0 Å². The number of halogens is 1. The van der Waals surface area contributed by atoms with Crippen LogP contribution in [0.3, 0.4) is 0 Å². The molecule has 1 N–H and O–H groups in total. The molecule has 0 radical (unpaired) electrons. The Morgan fingerprint density at radius 1 is 1.07 bits per heavy atom. The van der Waals surface area contributed by atoms with Gasteiger partial charge in [-0.1, -0.05) is 45.4 Å². The second kappa shape index (κ2) is 9.45. The lowest BCUT2D eigenvalue weighted by Crippen LogP contribution is -2.11. The fraction of sp³-hybridized carbons (Fsp3) is 1.00. The van der Waals surface area contributed by atoms with E-state index in [0.717, 1.165) is 12.8 Å². The van der Waals surface area contributed by atoms with E-state index < -0.39 is 12.3 Å². The first-order valence-corrected chi connectivity index (χ1v) is 5.99. The third-order valence-corrected chi connectivity index (χ3v) is 2.49. The third-order valence-electron chi connectivity index (χ3n) is 2.49. The van der Waals surface area contributed by atoms with Gasteiger partial charge in [-0.3, -0.25) is 0 Å². The lowest BCUT2D eigenvalue weighted by molar-refractivity contribution is 0.120. The normalized spacial score (nSPS) is 15.4. The topological polar surface area (TPSA) is 20.2 Å². The molecule has 0 aromatic carbocycles. The van der Waals surface area contributed by atoms with E-state index in [4.69, 9.17) is 0 Å². The summed E-state index contributed by atoms with van der Waals surface area (Å²) in [6, 6.07) is 0. The van der Waals surface area contributed by atoms with E-state index in [9.17, 15) is 9.50 Å². The van der Waals surface area contributed by atoms with Crippen LogP contribution < -0.4 is 0 Å². The maximum Gasteiger partial charge on any atom is 0.0998 e. The van der Waals surface area contributed by atoms with Crippen LogP contribution in [0.15, 0.2) is 0 Å². The van der Waals surface area contributed by atoms with Gasteiger partial charge in [0, 0.05) is 6.42 Å². The van der Waals surface area contributed by atoms with Gasteiger partial charge < -0.3 is 5.11 Å². The van der Waals surface area contributed by atoms with Crippen LogP contribution >= 0.6 is 0 Å². The summed E-state index contributed by atoms with van der Waals surface area (Å²) in [6.45, 7) is 3.71. The molecule has 0 rings (SSSR count). The Kier molecular flexibility index (Phi) is 9.37. The van der Waals surface area contributed by atoms with E-state index >= 15 is 0 Å². The molecule has 86 valence electrons. The fourth-order valence-corrected chi connectivity index (χ4v) is 1.65. The van der Waals surface area contributed by atoms with Crippen LogP contribution in [0.25, 0.3) is 0 Å². The molecular weight excluding hydrogens is 179 g/mol. The van der Waals surface area contributed by atoms with Gasteiger partial charge in [-0.15, -0.1) is 0 Å². The molecule has 0 aliphatic heterocycles. The quantitative estimate of drug-likeness (QED) is 0.566. The molecule has 14 heavy (non-hydrogen) atoms. The van der Waals surface area contributed by atoms with E-state index in [1.165, 1.54) is 39.0 Å². The maximum atomic E-state index is 12.5. The van der Waals surface area contributed by atoms with Crippen LogP contribution in [-0.4, -0.2) is 17.4 Å². The highest BCUT2D eigenvalue weighted by Gasteiger charge is 2.08. The molecule has 1 nitrogen and oxygen atoms in total. The highest BCUT2D eigenvalue weighted by molar-refractivity contribution is 4.60. The maximum absolute atomic E-state index is 12.5. The van der Waals surface area contributed by atoms with Crippen LogP contribution in [0, 0.1) is 0 Å². The summed E-state index contributed by atoms with van der Waals surface area (Å²) in [4.78, 5) is 0. The molecule has 2 heteroatoms.